The Labute approximate surface area is 159 Å². The highest BCUT2D eigenvalue weighted by molar-refractivity contribution is 7.80. The molecule has 2 N–H and O–H groups in total. The van der Waals surface area contributed by atoms with Crippen LogP contribution in [-0.2, 0) is 11.3 Å². The lowest BCUT2D eigenvalue weighted by atomic mass is 10.2. The maximum Gasteiger partial charge on any atom is 0.170 e. The van der Waals surface area contributed by atoms with Crippen LogP contribution in [0.25, 0.3) is 0 Å². The number of aromatic nitrogens is 2. The van der Waals surface area contributed by atoms with Crippen molar-refractivity contribution in [2.45, 2.75) is 39.3 Å². The largest absolute Gasteiger partial charge is 0.497 e. The molecule has 1 saturated heterocycles. The number of methoxy groups -OCH3 is 1. The topological polar surface area (TPSA) is 60.3 Å². The fraction of sp³-hybridized carbons (Fsp3) is 0.474. The third kappa shape index (κ3) is 4.53. The zero-order valence-corrected chi connectivity index (χ0v) is 16.4. The molecular weight excluding hydrogens is 348 g/mol. The van der Waals surface area contributed by atoms with Gasteiger partial charge < -0.3 is 20.1 Å². The zero-order chi connectivity index (χ0) is 18.5. The van der Waals surface area contributed by atoms with Crippen molar-refractivity contribution in [1.29, 1.82) is 0 Å². The van der Waals surface area contributed by atoms with Gasteiger partial charge in [-0.2, -0.15) is 5.10 Å². The molecule has 0 bridgehead atoms. The Hall–Kier alpha value is -2.12. The number of aryl methyl sites for hydroxylation is 1. The van der Waals surface area contributed by atoms with Crippen LogP contribution in [0.3, 0.4) is 0 Å². The van der Waals surface area contributed by atoms with E-state index in [0.717, 1.165) is 54.4 Å². The summed E-state index contributed by atoms with van der Waals surface area (Å²) < 4.78 is 12.9. The smallest absolute Gasteiger partial charge is 0.170 e. The van der Waals surface area contributed by atoms with E-state index < -0.39 is 0 Å². The molecule has 0 unspecified atom stereocenters. The summed E-state index contributed by atoms with van der Waals surface area (Å²) in [6.07, 6.45) is 2.47. The van der Waals surface area contributed by atoms with Crippen LogP contribution < -0.4 is 15.4 Å². The van der Waals surface area contributed by atoms with Gasteiger partial charge in [-0.05, 0) is 56.6 Å². The van der Waals surface area contributed by atoms with E-state index in [2.05, 4.69) is 21.8 Å². The number of nitrogens with zero attached hydrogens (tertiary/aromatic N) is 2. The average molecular weight is 375 g/mol. The van der Waals surface area contributed by atoms with Crippen LogP contribution in [-0.4, -0.2) is 41.3 Å². The van der Waals surface area contributed by atoms with E-state index in [4.69, 9.17) is 21.7 Å². The highest BCUT2D eigenvalue weighted by atomic mass is 32.1. The quantitative estimate of drug-likeness (QED) is 0.758. The van der Waals surface area contributed by atoms with Crippen molar-refractivity contribution in [2.75, 3.05) is 25.6 Å². The van der Waals surface area contributed by atoms with E-state index in [0.29, 0.717) is 11.7 Å². The molecule has 6 nitrogen and oxygen atoms in total. The van der Waals surface area contributed by atoms with Crippen molar-refractivity contribution in [2.24, 2.45) is 0 Å². The van der Waals surface area contributed by atoms with Crippen molar-refractivity contribution >= 4 is 23.0 Å². The normalized spacial score (nSPS) is 16.5. The molecule has 7 heteroatoms. The first-order valence-electron chi connectivity index (χ1n) is 8.90. The molecule has 0 radical (unpaired) electrons. The first-order chi connectivity index (χ1) is 12.6. The SMILES string of the molecule is COc1cccc(Cn2nc(C)c(NC(=S)NC[C@@H]3CCCO3)c2C)c1. The van der Waals surface area contributed by atoms with E-state index in [-0.39, 0.29) is 6.10 Å². The summed E-state index contributed by atoms with van der Waals surface area (Å²) in [6.45, 7) is 6.30. The van der Waals surface area contributed by atoms with Gasteiger partial charge in [0, 0.05) is 13.2 Å². The summed E-state index contributed by atoms with van der Waals surface area (Å²) in [4.78, 5) is 0. The van der Waals surface area contributed by atoms with E-state index in [1.54, 1.807) is 7.11 Å². The molecular formula is C19H26N4O2S. The first-order valence-corrected chi connectivity index (χ1v) is 9.31. The Morgan fingerprint density at radius 1 is 1.42 bits per heavy atom. The van der Waals surface area contributed by atoms with Gasteiger partial charge in [-0.1, -0.05) is 12.1 Å². The lowest BCUT2D eigenvalue weighted by molar-refractivity contribution is 0.114. The monoisotopic (exact) mass is 374 g/mol. The standard InChI is InChI=1S/C19H26N4O2S/c1-13-18(21-19(26)20-11-17-8-5-9-25-17)14(2)23(22-13)12-15-6-4-7-16(10-15)24-3/h4,6-7,10,17H,5,8-9,11-12H2,1-3H3,(H2,20,21,26)/t17-/m0/s1. The van der Waals surface area contributed by atoms with Crippen molar-refractivity contribution in [1.82, 2.24) is 15.1 Å². The first kappa shape index (κ1) is 18.7. The molecule has 1 aliphatic heterocycles. The van der Waals surface area contributed by atoms with Crippen molar-refractivity contribution in [3.63, 3.8) is 0 Å². The second kappa shape index (κ2) is 8.51. The zero-order valence-electron chi connectivity index (χ0n) is 15.5. The lowest BCUT2D eigenvalue weighted by Gasteiger charge is -2.14. The number of hydrogen-bond acceptors (Lipinski definition) is 4. The summed E-state index contributed by atoms with van der Waals surface area (Å²) in [6, 6.07) is 8.02. The van der Waals surface area contributed by atoms with Crippen LogP contribution in [0.15, 0.2) is 24.3 Å². The molecule has 2 heterocycles. The Morgan fingerprint density at radius 3 is 3.00 bits per heavy atom. The van der Waals surface area contributed by atoms with E-state index >= 15 is 0 Å². The molecule has 0 amide bonds. The number of ether oxygens (including phenoxy) is 2. The molecule has 1 fully saturated rings. The molecule has 1 atom stereocenters. The summed E-state index contributed by atoms with van der Waals surface area (Å²) in [7, 11) is 1.68. The highest BCUT2D eigenvalue weighted by Gasteiger charge is 2.17. The highest BCUT2D eigenvalue weighted by Crippen LogP contribution is 2.21. The summed E-state index contributed by atoms with van der Waals surface area (Å²) in [5, 5.41) is 11.8. The Kier molecular flexibility index (Phi) is 6.11. The molecule has 0 aliphatic carbocycles. The minimum absolute atomic E-state index is 0.257. The number of anilines is 1. The fourth-order valence-corrected chi connectivity index (χ4v) is 3.33. The summed E-state index contributed by atoms with van der Waals surface area (Å²) >= 11 is 5.43. The number of benzene rings is 1. The van der Waals surface area contributed by atoms with Crippen LogP contribution in [0.4, 0.5) is 5.69 Å². The maximum absolute atomic E-state index is 5.61. The van der Waals surface area contributed by atoms with Gasteiger partial charge in [0.1, 0.15) is 5.75 Å². The van der Waals surface area contributed by atoms with Gasteiger partial charge in [0.25, 0.3) is 0 Å². The summed E-state index contributed by atoms with van der Waals surface area (Å²) in [5.74, 6) is 0.849. The molecule has 1 aliphatic rings. The van der Waals surface area contributed by atoms with E-state index in [9.17, 15) is 0 Å². The van der Waals surface area contributed by atoms with E-state index in [1.165, 1.54) is 0 Å². The van der Waals surface area contributed by atoms with Crippen molar-refractivity contribution < 1.29 is 9.47 Å². The third-order valence-electron chi connectivity index (χ3n) is 4.60. The molecule has 3 rings (SSSR count). The van der Waals surface area contributed by atoms with Crippen LogP contribution in [0.1, 0.15) is 29.8 Å². The third-order valence-corrected chi connectivity index (χ3v) is 4.85. The van der Waals surface area contributed by atoms with E-state index in [1.807, 2.05) is 36.7 Å². The van der Waals surface area contributed by atoms with Crippen LogP contribution in [0.2, 0.25) is 0 Å². The van der Waals surface area contributed by atoms with Crippen LogP contribution in [0.5, 0.6) is 5.75 Å². The van der Waals surface area contributed by atoms with Gasteiger partial charge in [0.15, 0.2) is 5.11 Å². The second-order valence-corrected chi connectivity index (χ2v) is 6.93. The van der Waals surface area contributed by atoms with Gasteiger partial charge in [0.2, 0.25) is 0 Å². The number of nitrogens with one attached hydrogen (secondary N) is 2. The molecule has 2 aromatic rings. The van der Waals surface area contributed by atoms with Gasteiger partial charge >= 0.3 is 0 Å². The lowest BCUT2D eigenvalue weighted by Crippen LogP contribution is -2.35. The molecule has 140 valence electrons. The van der Waals surface area contributed by atoms with Gasteiger partial charge in [0.05, 0.1) is 36.8 Å². The molecule has 1 aromatic heterocycles. The molecule has 0 saturated carbocycles. The minimum Gasteiger partial charge on any atom is -0.497 e. The molecule has 0 spiro atoms. The van der Waals surface area contributed by atoms with Crippen LogP contribution >= 0.6 is 12.2 Å². The predicted octanol–water partition coefficient (Wildman–Crippen LogP) is 3.02. The van der Waals surface area contributed by atoms with Gasteiger partial charge in [-0.15, -0.1) is 0 Å². The minimum atomic E-state index is 0.257. The number of thiocarbonyl (C=S) groups is 1. The van der Waals surface area contributed by atoms with Crippen molar-refractivity contribution in [3.05, 3.63) is 41.2 Å². The second-order valence-electron chi connectivity index (χ2n) is 6.53. The number of rotatable bonds is 6. The number of hydrogen-bond donors (Lipinski definition) is 2. The molecule has 1 aromatic carbocycles. The average Bonchev–Trinajstić information content (AvgIpc) is 3.24. The Bertz CT molecular complexity index is 769. The molecule has 26 heavy (non-hydrogen) atoms. The van der Waals surface area contributed by atoms with Crippen molar-refractivity contribution in [3.8, 4) is 5.75 Å². The Morgan fingerprint density at radius 2 is 2.27 bits per heavy atom. The van der Waals surface area contributed by atoms with Gasteiger partial charge in [-0.3, -0.25) is 4.68 Å². The maximum atomic E-state index is 5.61. The predicted molar refractivity (Wildman–Crippen MR) is 107 cm³/mol. The fourth-order valence-electron chi connectivity index (χ4n) is 3.15. The summed E-state index contributed by atoms with van der Waals surface area (Å²) in [5.41, 5.74) is 4.07. The van der Waals surface area contributed by atoms with Crippen LogP contribution in [0, 0.1) is 13.8 Å². The van der Waals surface area contributed by atoms with Gasteiger partial charge in [-0.25, -0.2) is 0 Å². The Balaban J connectivity index is 1.64.